The van der Waals surface area contributed by atoms with E-state index in [0.29, 0.717) is 18.8 Å². The third kappa shape index (κ3) is 4.83. The number of nitrogens with zero attached hydrogens (tertiary/aromatic N) is 1. The van der Waals surface area contributed by atoms with Gasteiger partial charge < -0.3 is 9.47 Å². The van der Waals surface area contributed by atoms with Crippen molar-refractivity contribution in [1.82, 2.24) is 4.90 Å². The Kier molecular flexibility index (Phi) is 5.99. The van der Waals surface area contributed by atoms with Crippen molar-refractivity contribution in [3.8, 4) is 0 Å². The maximum absolute atomic E-state index is 12.9. The molecular weight excluding hydrogens is 402 g/mol. The van der Waals surface area contributed by atoms with E-state index >= 15 is 0 Å². The monoisotopic (exact) mass is 429 g/mol. The highest BCUT2D eigenvalue weighted by atomic mass is 16.6. The molecule has 0 aliphatic carbocycles. The minimum Gasteiger partial charge on any atom is -0.491 e. The summed E-state index contributed by atoms with van der Waals surface area (Å²) in [5.74, 6) is 0.0470. The van der Waals surface area contributed by atoms with E-state index in [1.54, 1.807) is 20.8 Å². The summed E-state index contributed by atoms with van der Waals surface area (Å²) in [6.45, 7) is 5.64. The minimum atomic E-state index is -0.707. The van der Waals surface area contributed by atoms with Crippen molar-refractivity contribution in [2.45, 2.75) is 45.4 Å². The molecule has 3 aromatic rings. The molecule has 1 atom stereocenters. The van der Waals surface area contributed by atoms with E-state index in [4.69, 9.17) is 9.47 Å². The van der Waals surface area contributed by atoms with E-state index in [9.17, 15) is 9.59 Å². The highest BCUT2D eigenvalue weighted by Crippen LogP contribution is 2.28. The lowest BCUT2D eigenvalue weighted by Gasteiger charge is -2.28. The minimum absolute atomic E-state index is 0.300. The summed E-state index contributed by atoms with van der Waals surface area (Å²) in [7, 11) is 0. The van der Waals surface area contributed by atoms with Crippen LogP contribution in [0.25, 0.3) is 10.8 Å². The molecule has 1 heterocycles. The molecule has 0 N–H and O–H groups in total. The first-order valence-corrected chi connectivity index (χ1v) is 10.7. The molecule has 0 radical (unpaired) electrons. The van der Waals surface area contributed by atoms with Crippen LogP contribution in [0.1, 0.15) is 31.9 Å². The van der Waals surface area contributed by atoms with E-state index < -0.39 is 23.6 Å². The summed E-state index contributed by atoms with van der Waals surface area (Å²) in [6.07, 6.45) is 1.19. The Morgan fingerprint density at radius 2 is 1.62 bits per heavy atom. The lowest BCUT2D eigenvalue weighted by Crippen LogP contribution is -2.44. The van der Waals surface area contributed by atoms with Crippen molar-refractivity contribution in [3.05, 3.63) is 95.8 Å². The first kappa shape index (κ1) is 21.6. The van der Waals surface area contributed by atoms with Gasteiger partial charge in [0.2, 0.25) is 0 Å². The maximum atomic E-state index is 12.9. The Morgan fingerprint density at radius 3 is 2.38 bits per heavy atom. The summed E-state index contributed by atoms with van der Waals surface area (Å²) < 4.78 is 11.7. The van der Waals surface area contributed by atoms with Gasteiger partial charge in [0.05, 0.1) is 0 Å². The van der Waals surface area contributed by atoms with E-state index in [0.717, 1.165) is 26.8 Å². The average Bonchev–Trinajstić information content (AvgIpc) is 3.06. The number of hydrogen-bond acceptors (Lipinski definition) is 4. The zero-order valence-corrected chi connectivity index (χ0v) is 18.6. The van der Waals surface area contributed by atoms with Crippen LogP contribution in [0, 0.1) is 0 Å². The molecule has 32 heavy (non-hydrogen) atoms. The predicted molar refractivity (Wildman–Crippen MR) is 124 cm³/mol. The molecule has 0 fully saturated rings. The Balaban J connectivity index is 1.59. The van der Waals surface area contributed by atoms with Crippen molar-refractivity contribution in [1.29, 1.82) is 0 Å². The van der Waals surface area contributed by atoms with Crippen molar-refractivity contribution >= 4 is 22.8 Å². The lowest BCUT2D eigenvalue weighted by molar-refractivity contribution is -0.125. The smallest absolute Gasteiger partial charge is 0.418 e. The van der Waals surface area contributed by atoms with Crippen molar-refractivity contribution in [2.24, 2.45) is 0 Å². The van der Waals surface area contributed by atoms with Gasteiger partial charge in [0.25, 0.3) is 5.91 Å². The van der Waals surface area contributed by atoms with Gasteiger partial charge in [0, 0.05) is 12.5 Å². The predicted octanol–water partition coefficient (Wildman–Crippen LogP) is 5.63. The second kappa shape index (κ2) is 8.87. The van der Waals surface area contributed by atoms with E-state index in [1.807, 2.05) is 54.6 Å². The van der Waals surface area contributed by atoms with Crippen LogP contribution in [0.4, 0.5) is 4.79 Å². The molecule has 4 rings (SSSR count). The molecule has 0 saturated carbocycles. The largest absolute Gasteiger partial charge is 0.491 e. The molecule has 5 nitrogen and oxygen atoms in total. The molecule has 0 aromatic heterocycles. The molecule has 5 heteroatoms. The van der Waals surface area contributed by atoms with Crippen LogP contribution in [-0.2, 0) is 27.3 Å². The number of amides is 2. The third-order valence-corrected chi connectivity index (χ3v) is 5.28. The van der Waals surface area contributed by atoms with Gasteiger partial charge in [-0.2, -0.15) is 0 Å². The van der Waals surface area contributed by atoms with Crippen LogP contribution in [0.3, 0.4) is 0 Å². The number of hydrogen-bond donors (Lipinski definition) is 0. The fraction of sp³-hybridized carbons (Fsp3) is 0.259. The summed E-state index contributed by atoms with van der Waals surface area (Å²) in [5.41, 5.74) is 1.31. The Hall–Kier alpha value is -3.60. The standard InChI is InChI=1S/C27H27NO4/c1-27(2,3)32-26(30)28-23(16-19-10-5-4-6-11-19)24(17-25(28)29)31-18-21-14-9-13-20-12-7-8-15-22(20)21/h4-15,17,23H,16,18H2,1-3H3/t23-/m0/s1. The van der Waals surface area contributed by atoms with Crippen molar-refractivity contribution in [2.75, 3.05) is 0 Å². The number of rotatable bonds is 5. The molecule has 1 aliphatic rings. The van der Waals surface area contributed by atoms with Crippen LogP contribution >= 0.6 is 0 Å². The summed E-state index contributed by atoms with van der Waals surface area (Å²) >= 11 is 0. The quantitative estimate of drug-likeness (QED) is 0.528. The van der Waals surface area contributed by atoms with Gasteiger partial charge in [-0.15, -0.1) is 0 Å². The molecule has 0 saturated heterocycles. The number of imide groups is 1. The van der Waals surface area contributed by atoms with Gasteiger partial charge in [-0.1, -0.05) is 72.8 Å². The molecule has 0 unspecified atom stereocenters. The van der Waals surface area contributed by atoms with Gasteiger partial charge in [-0.3, -0.25) is 4.79 Å². The zero-order valence-electron chi connectivity index (χ0n) is 18.6. The van der Waals surface area contributed by atoms with Gasteiger partial charge >= 0.3 is 6.09 Å². The normalized spacial score (nSPS) is 16.2. The molecule has 0 bridgehead atoms. The van der Waals surface area contributed by atoms with Gasteiger partial charge in [-0.25, -0.2) is 9.69 Å². The van der Waals surface area contributed by atoms with Crippen molar-refractivity contribution in [3.63, 3.8) is 0 Å². The number of ether oxygens (including phenoxy) is 2. The van der Waals surface area contributed by atoms with E-state index in [2.05, 4.69) is 18.2 Å². The number of benzene rings is 3. The van der Waals surface area contributed by atoms with Gasteiger partial charge in [0.15, 0.2) is 0 Å². The number of fused-ring (bicyclic) bond motifs is 1. The molecule has 164 valence electrons. The van der Waals surface area contributed by atoms with Crippen LogP contribution < -0.4 is 0 Å². The van der Waals surface area contributed by atoms with Crippen LogP contribution in [0.5, 0.6) is 0 Å². The van der Waals surface area contributed by atoms with Crippen molar-refractivity contribution < 1.29 is 19.1 Å². The molecule has 1 aliphatic heterocycles. The first-order chi connectivity index (χ1) is 15.3. The zero-order chi connectivity index (χ0) is 22.7. The number of carbonyl (C=O) groups is 2. The van der Waals surface area contributed by atoms with Crippen LogP contribution in [0.2, 0.25) is 0 Å². The molecule has 0 spiro atoms. The third-order valence-electron chi connectivity index (χ3n) is 5.28. The summed E-state index contributed by atoms with van der Waals surface area (Å²) in [6, 6.07) is 23.3. The molecular formula is C27H27NO4. The van der Waals surface area contributed by atoms with Crippen LogP contribution in [0.15, 0.2) is 84.6 Å². The molecule has 2 amide bonds. The Labute approximate surface area is 188 Å². The first-order valence-electron chi connectivity index (χ1n) is 10.7. The number of carbonyl (C=O) groups excluding carboxylic acids is 2. The summed E-state index contributed by atoms with van der Waals surface area (Å²) in [4.78, 5) is 26.8. The fourth-order valence-corrected chi connectivity index (χ4v) is 3.84. The van der Waals surface area contributed by atoms with E-state index in [1.165, 1.54) is 6.08 Å². The van der Waals surface area contributed by atoms with Gasteiger partial charge in [-0.05, 0) is 42.7 Å². The second-order valence-corrected chi connectivity index (χ2v) is 8.87. The van der Waals surface area contributed by atoms with Gasteiger partial charge in [0.1, 0.15) is 24.0 Å². The fourth-order valence-electron chi connectivity index (χ4n) is 3.84. The Bertz CT molecular complexity index is 1160. The van der Waals surface area contributed by atoms with Crippen LogP contribution in [-0.4, -0.2) is 28.5 Å². The highest BCUT2D eigenvalue weighted by molar-refractivity contribution is 6.02. The topological polar surface area (TPSA) is 55.8 Å². The SMILES string of the molecule is CC(C)(C)OC(=O)N1C(=O)C=C(OCc2cccc3ccccc23)[C@@H]1Cc1ccccc1. The lowest BCUT2D eigenvalue weighted by atomic mass is 10.0. The molecule has 3 aromatic carbocycles. The highest BCUT2D eigenvalue weighted by Gasteiger charge is 2.41. The summed E-state index contributed by atoms with van der Waals surface area (Å²) in [5, 5.41) is 2.23. The van der Waals surface area contributed by atoms with E-state index in [-0.39, 0.29) is 0 Å². The Morgan fingerprint density at radius 1 is 0.938 bits per heavy atom. The maximum Gasteiger partial charge on any atom is 0.418 e. The average molecular weight is 430 g/mol. The second-order valence-electron chi connectivity index (χ2n) is 8.87.